The Morgan fingerprint density at radius 2 is 2.36 bits per heavy atom. The van der Waals surface area contributed by atoms with E-state index in [4.69, 9.17) is 4.74 Å². The Kier molecular flexibility index (Phi) is 1.43. The number of carbonyl (C=O) groups is 1. The molecule has 1 N–H and O–H groups in total. The van der Waals surface area contributed by atoms with Gasteiger partial charge in [0.2, 0.25) is 5.90 Å². The predicted octanol–water partition coefficient (Wildman–Crippen LogP) is -1.06. The maximum Gasteiger partial charge on any atom is 0.334 e. The van der Waals surface area contributed by atoms with Gasteiger partial charge in [0.15, 0.2) is 0 Å². The van der Waals surface area contributed by atoms with Crippen LogP contribution in [0.2, 0.25) is 0 Å². The monoisotopic (exact) mass is 153 g/mol. The topological polar surface area (TPSA) is 63.0 Å². The fourth-order valence-corrected chi connectivity index (χ4v) is 0.984. The molecule has 0 unspecified atom stereocenters. The highest BCUT2D eigenvalue weighted by Gasteiger charge is 2.22. The molecule has 0 amide bonds. The average Bonchev–Trinajstić information content (AvgIpc) is 2.04. The summed E-state index contributed by atoms with van der Waals surface area (Å²) >= 11 is 0. The zero-order chi connectivity index (χ0) is 7.68. The molecule has 2 heterocycles. The SMILES string of the molecule is O=C1CN=C2CNCN=C2O1. The maximum atomic E-state index is 10.7. The van der Waals surface area contributed by atoms with E-state index in [1.807, 2.05) is 0 Å². The number of esters is 1. The summed E-state index contributed by atoms with van der Waals surface area (Å²) in [7, 11) is 0. The lowest BCUT2D eigenvalue weighted by Gasteiger charge is -2.18. The van der Waals surface area contributed by atoms with Gasteiger partial charge in [-0.1, -0.05) is 0 Å². The van der Waals surface area contributed by atoms with Gasteiger partial charge in [-0.15, -0.1) is 0 Å². The molecule has 0 aliphatic carbocycles. The normalized spacial score (nSPS) is 23.1. The fraction of sp³-hybridized carbons (Fsp3) is 0.500. The van der Waals surface area contributed by atoms with Gasteiger partial charge in [-0.25, -0.2) is 9.79 Å². The van der Waals surface area contributed by atoms with Crippen LogP contribution in [-0.2, 0) is 9.53 Å². The second kappa shape index (κ2) is 2.43. The molecule has 0 fully saturated rings. The van der Waals surface area contributed by atoms with Crippen molar-refractivity contribution in [1.29, 1.82) is 0 Å². The minimum Gasteiger partial charge on any atom is -0.404 e. The van der Waals surface area contributed by atoms with Gasteiger partial charge in [0.25, 0.3) is 0 Å². The summed E-state index contributed by atoms with van der Waals surface area (Å²) in [5.41, 5.74) is 0.746. The number of hydrogen-bond donors (Lipinski definition) is 1. The van der Waals surface area contributed by atoms with Crippen molar-refractivity contribution < 1.29 is 9.53 Å². The number of hydrogen-bond acceptors (Lipinski definition) is 5. The molecule has 0 radical (unpaired) electrons. The van der Waals surface area contributed by atoms with Crippen molar-refractivity contribution >= 4 is 17.6 Å². The van der Waals surface area contributed by atoms with Gasteiger partial charge in [-0.3, -0.25) is 10.3 Å². The van der Waals surface area contributed by atoms with Crippen molar-refractivity contribution in [3.63, 3.8) is 0 Å². The van der Waals surface area contributed by atoms with Crippen LogP contribution in [0.15, 0.2) is 9.98 Å². The summed E-state index contributed by atoms with van der Waals surface area (Å²) in [6.07, 6.45) is 0. The molecule has 0 aromatic heterocycles. The Labute approximate surface area is 63.2 Å². The highest BCUT2D eigenvalue weighted by atomic mass is 16.5. The van der Waals surface area contributed by atoms with Crippen molar-refractivity contribution in [2.24, 2.45) is 9.98 Å². The van der Waals surface area contributed by atoms with E-state index in [0.717, 1.165) is 5.71 Å². The molecule has 0 saturated carbocycles. The van der Waals surface area contributed by atoms with E-state index in [0.29, 0.717) is 19.1 Å². The van der Waals surface area contributed by atoms with E-state index in [2.05, 4.69) is 15.3 Å². The van der Waals surface area contributed by atoms with Crippen LogP contribution in [0.3, 0.4) is 0 Å². The molecule has 5 nitrogen and oxygen atoms in total. The first-order valence-corrected chi connectivity index (χ1v) is 3.36. The molecule has 2 aliphatic rings. The van der Waals surface area contributed by atoms with Gasteiger partial charge in [-0.05, 0) is 0 Å². The highest BCUT2D eigenvalue weighted by molar-refractivity contribution is 6.42. The molecule has 0 spiro atoms. The van der Waals surface area contributed by atoms with Crippen LogP contribution >= 0.6 is 0 Å². The van der Waals surface area contributed by atoms with Crippen LogP contribution < -0.4 is 5.32 Å². The number of fused-ring (bicyclic) bond motifs is 1. The summed E-state index contributed by atoms with van der Waals surface area (Å²) < 4.78 is 4.83. The van der Waals surface area contributed by atoms with E-state index in [1.165, 1.54) is 0 Å². The fourth-order valence-electron chi connectivity index (χ4n) is 0.984. The van der Waals surface area contributed by atoms with Crippen molar-refractivity contribution in [2.45, 2.75) is 0 Å². The third-order valence-electron chi connectivity index (χ3n) is 1.48. The summed E-state index contributed by atoms with van der Waals surface area (Å²) in [5, 5.41) is 2.99. The zero-order valence-corrected chi connectivity index (χ0v) is 5.83. The maximum absolute atomic E-state index is 10.7. The standard InChI is InChI=1S/C6H7N3O2/c10-5-2-8-4-1-7-3-9-6(4)11-5/h7H,1-3H2. The number of nitrogens with zero attached hydrogens (tertiary/aromatic N) is 2. The number of nitrogens with one attached hydrogen (secondary N) is 1. The molecular formula is C6H7N3O2. The summed E-state index contributed by atoms with van der Waals surface area (Å²) in [5.74, 6) is 0.0643. The molecule has 2 aliphatic heterocycles. The highest BCUT2D eigenvalue weighted by Crippen LogP contribution is 2.00. The Balaban J connectivity index is 2.29. The lowest BCUT2D eigenvalue weighted by Crippen LogP contribution is -2.40. The van der Waals surface area contributed by atoms with Crippen LogP contribution in [0, 0.1) is 0 Å². The van der Waals surface area contributed by atoms with Gasteiger partial charge in [0.1, 0.15) is 12.3 Å². The van der Waals surface area contributed by atoms with Crippen LogP contribution in [0.25, 0.3) is 0 Å². The van der Waals surface area contributed by atoms with Gasteiger partial charge in [0.05, 0.1) is 6.67 Å². The lowest BCUT2D eigenvalue weighted by atomic mass is 10.3. The van der Waals surface area contributed by atoms with E-state index in [9.17, 15) is 4.79 Å². The molecule has 2 rings (SSSR count). The molecule has 0 aromatic carbocycles. The third kappa shape index (κ3) is 1.14. The predicted molar refractivity (Wildman–Crippen MR) is 38.7 cm³/mol. The van der Waals surface area contributed by atoms with Crippen LogP contribution in [0.5, 0.6) is 0 Å². The van der Waals surface area contributed by atoms with Gasteiger partial charge < -0.3 is 4.74 Å². The van der Waals surface area contributed by atoms with Gasteiger partial charge in [0, 0.05) is 6.54 Å². The second-order valence-corrected chi connectivity index (χ2v) is 2.29. The number of aliphatic imine (C=N–C) groups is 2. The van der Waals surface area contributed by atoms with Crippen molar-refractivity contribution in [2.75, 3.05) is 19.8 Å². The summed E-state index contributed by atoms with van der Waals surface area (Å²) in [6.45, 7) is 1.27. The van der Waals surface area contributed by atoms with Crippen molar-refractivity contribution in [3.05, 3.63) is 0 Å². The zero-order valence-electron chi connectivity index (χ0n) is 5.83. The van der Waals surface area contributed by atoms with E-state index < -0.39 is 0 Å². The van der Waals surface area contributed by atoms with E-state index >= 15 is 0 Å². The third-order valence-corrected chi connectivity index (χ3v) is 1.48. The van der Waals surface area contributed by atoms with Gasteiger partial charge >= 0.3 is 5.97 Å². The minimum absolute atomic E-state index is 0.121. The first-order chi connectivity index (χ1) is 5.36. The van der Waals surface area contributed by atoms with Crippen LogP contribution in [0.1, 0.15) is 0 Å². The van der Waals surface area contributed by atoms with Crippen molar-refractivity contribution in [1.82, 2.24) is 5.32 Å². The number of carbonyl (C=O) groups excluding carboxylic acids is 1. The average molecular weight is 153 g/mol. The molecule has 0 atom stereocenters. The number of ether oxygens (including phenoxy) is 1. The minimum atomic E-state index is -0.325. The van der Waals surface area contributed by atoms with E-state index in [1.54, 1.807) is 0 Å². The number of rotatable bonds is 0. The largest absolute Gasteiger partial charge is 0.404 e. The molecule has 58 valence electrons. The molecule has 0 aromatic rings. The lowest BCUT2D eigenvalue weighted by molar-refractivity contribution is -0.134. The Morgan fingerprint density at radius 3 is 3.27 bits per heavy atom. The first kappa shape index (κ1) is 6.48. The quantitative estimate of drug-likeness (QED) is 0.451. The summed E-state index contributed by atoms with van der Waals surface area (Å²) in [6, 6.07) is 0. The van der Waals surface area contributed by atoms with E-state index in [-0.39, 0.29) is 12.5 Å². The molecule has 11 heavy (non-hydrogen) atoms. The van der Waals surface area contributed by atoms with Crippen LogP contribution in [-0.4, -0.2) is 37.3 Å². The first-order valence-electron chi connectivity index (χ1n) is 3.36. The van der Waals surface area contributed by atoms with Crippen LogP contribution in [0.4, 0.5) is 0 Å². The molecule has 0 saturated heterocycles. The van der Waals surface area contributed by atoms with Gasteiger partial charge in [-0.2, -0.15) is 0 Å². The Hall–Kier alpha value is -1.23. The molecular weight excluding hydrogens is 146 g/mol. The second-order valence-electron chi connectivity index (χ2n) is 2.29. The molecule has 5 heteroatoms. The Morgan fingerprint density at radius 1 is 1.45 bits per heavy atom. The summed E-state index contributed by atoms with van der Waals surface area (Å²) in [4.78, 5) is 18.6. The molecule has 0 bridgehead atoms. The smallest absolute Gasteiger partial charge is 0.334 e. The Bertz CT molecular complexity index is 257. The van der Waals surface area contributed by atoms with Crippen molar-refractivity contribution in [3.8, 4) is 0 Å².